The van der Waals surface area contributed by atoms with Crippen LogP contribution >= 0.6 is 0 Å². The Morgan fingerprint density at radius 3 is 2.11 bits per heavy atom. The average Bonchev–Trinajstić information content (AvgIpc) is 2.67. The fraction of sp³-hybridized carbons (Fsp3) is 0.708. The number of hydrogen-bond acceptors (Lipinski definition) is 3. The molecule has 0 spiro atoms. The molecule has 1 saturated heterocycles. The first-order valence-electron chi connectivity index (χ1n) is 11.0. The molecular formula is C24H41N3O. The fourth-order valence-electron chi connectivity index (χ4n) is 3.79. The van der Waals surface area contributed by atoms with Crippen LogP contribution in [0, 0.1) is 5.92 Å². The molecule has 1 fully saturated rings. The second-order valence-corrected chi connectivity index (χ2v) is 9.34. The number of carbonyl (C=O) groups excluding carboxylic acids is 1. The van der Waals surface area contributed by atoms with Crippen LogP contribution in [-0.4, -0.2) is 54.5 Å². The molecular weight excluding hydrogens is 346 g/mol. The smallest absolute Gasteiger partial charge is 0.236 e. The van der Waals surface area contributed by atoms with E-state index in [2.05, 4.69) is 63.0 Å². The van der Waals surface area contributed by atoms with Crippen LogP contribution in [0.25, 0.3) is 0 Å². The van der Waals surface area contributed by atoms with E-state index in [1.54, 1.807) is 0 Å². The van der Waals surface area contributed by atoms with E-state index in [4.69, 9.17) is 0 Å². The Labute approximate surface area is 172 Å². The first kappa shape index (κ1) is 22.9. The lowest BCUT2D eigenvalue weighted by Crippen LogP contribution is -2.48. The summed E-state index contributed by atoms with van der Waals surface area (Å²) < 4.78 is 0. The summed E-state index contributed by atoms with van der Waals surface area (Å²) in [7, 11) is 1.91. The quantitative estimate of drug-likeness (QED) is 0.735. The molecule has 158 valence electrons. The molecule has 1 N–H and O–H groups in total. The first-order chi connectivity index (χ1) is 13.2. The van der Waals surface area contributed by atoms with Crippen LogP contribution in [-0.2, 0) is 24.2 Å². The molecule has 0 unspecified atom stereocenters. The summed E-state index contributed by atoms with van der Waals surface area (Å²) in [5.74, 6) is 0.943. The number of likely N-dealkylation sites (N-methyl/N-ethyl adjacent to an activating group) is 1. The summed E-state index contributed by atoms with van der Waals surface area (Å²) in [6, 6.07) is 7.01. The average molecular weight is 388 g/mol. The van der Waals surface area contributed by atoms with Gasteiger partial charge in [-0.15, -0.1) is 0 Å². The molecule has 1 aliphatic rings. The van der Waals surface area contributed by atoms with Crippen molar-refractivity contribution < 1.29 is 4.79 Å². The molecule has 0 saturated carbocycles. The number of hydrogen-bond donors (Lipinski definition) is 1. The van der Waals surface area contributed by atoms with E-state index in [0.717, 1.165) is 39.0 Å². The predicted molar refractivity (Wildman–Crippen MR) is 119 cm³/mol. The Hall–Kier alpha value is -1.39. The Balaban J connectivity index is 1.72. The maximum Gasteiger partial charge on any atom is 0.236 e. The highest BCUT2D eigenvalue weighted by Gasteiger charge is 2.26. The number of amides is 1. The van der Waals surface area contributed by atoms with Crippen molar-refractivity contribution in [3.8, 4) is 0 Å². The molecule has 0 aliphatic carbocycles. The number of nitrogens with zero attached hydrogens (tertiary/aromatic N) is 2. The summed E-state index contributed by atoms with van der Waals surface area (Å²) in [5.41, 5.74) is 4.18. The van der Waals surface area contributed by atoms with Crippen molar-refractivity contribution in [1.29, 1.82) is 0 Å². The van der Waals surface area contributed by atoms with Gasteiger partial charge in [0.1, 0.15) is 0 Å². The minimum Gasteiger partial charge on any atom is -0.340 e. The van der Waals surface area contributed by atoms with Crippen LogP contribution in [0.5, 0.6) is 0 Å². The highest BCUT2D eigenvalue weighted by atomic mass is 16.2. The standard InChI is InChI=1S/C24H41N3O/c1-7-19-13-20(8-2)15-22(14-19)17-25-16-21-9-11-27(12-10-21)18-23(28)26(6)24(3,4)5/h13-15,21,25H,7-12,16-18H2,1-6H3. The zero-order chi connectivity index (χ0) is 20.7. The van der Waals surface area contributed by atoms with Gasteiger partial charge in [-0.25, -0.2) is 0 Å². The van der Waals surface area contributed by atoms with Gasteiger partial charge in [0, 0.05) is 19.1 Å². The highest BCUT2D eigenvalue weighted by Crippen LogP contribution is 2.18. The molecule has 0 radical (unpaired) electrons. The van der Waals surface area contributed by atoms with E-state index >= 15 is 0 Å². The predicted octanol–water partition coefficient (Wildman–Crippen LogP) is 3.87. The van der Waals surface area contributed by atoms with Crippen LogP contribution in [0.15, 0.2) is 18.2 Å². The van der Waals surface area contributed by atoms with E-state index in [9.17, 15) is 4.79 Å². The molecule has 1 aliphatic heterocycles. The van der Waals surface area contributed by atoms with Gasteiger partial charge in [0.25, 0.3) is 0 Å². The minimum absolute atomic E-state index is 0.105. The maximum atomic E-state index is 12.4. The Morgan fingerprint density at radius 2 is 1.61 bits per heavy atom. The number of piperidine rings is 1. The summed E-state index contributed by atoms with van der Waals surface area (Å²) in [4.78, 5) is 16.6. The van der Waals surface area contributed by atoms with Gasteiger partial charge in [-0.1, -0.05) is 32.0 Å². The van der Waals surface area contributed by atoms with Gasteiger partial charge in [-0.3, -0.25) is 9.69 Å². The van der Waals surface area contributed by atoms with Crippen molar-refractivity contribution in [1.82, 2.24) is 15.1 Å². The lowest BCUT2D eigenvalue weighted by Gasteiger charge is -2.36. The van der Waals surface area contributed by atoms with Gasteiger partial charge in [-0.2, -0.15) is 0 Å². The Morgan fingerprint density at radius 1 is 1.07 bits per heavy atom. The van der Waals surface area contributed by atoms with Crippen molar-refractivity contribution in [3.63, 3.8) is 0 Å². The molecule has 1 aromatic carbocycles. The first-order valence-corrected chi connectivity index (χ1v) is 11.0. The third-order valence-corrected chi connectivity index (χ3v) is 6.14. The molecule has 2 rings (SSSR count). The molecule has 28 heavy (non-hydrogen) atoms. The summed E-state index contributed by atoms with van der Waals surface area (Å²) in [6.07, 6.45) is 4.55. The largest absolute Gasteiger partial charge is 0.340 e. The third-order valence-electron chi connectivity index (χ3n) is 6.14. The van der Waals surface area contributed by atoms with Crippen LogP contribution in [0.4, 0.5) is 0 Å². The fourth-order valence-corrected chi connectivity index (χ4v) is 3.79. The van der Waals surface area contributed by atoms with Gasteiger partial charge >= 0.3 is 0 Å². The van der Waals surface area contributed by atoms with Crippen LogP contribution in [0.3, 0.4) is 0 Å². The highest BCUT2D eigenvalue weighted by molar-refractivity contribution is 5.78. The number of carbonyl (C=O) groups is 1. The molecule has 1 amide bonds. The van der Waals surface area contributed by atoms with E-state index in [1.165, 1.54) is 29.5 Å². The number of aryl methyl sites for hydroxylation is 2. The topological polar surface area (TPSA) is 35.6 Å². The second-order valence-electron chi connectivity index (χ2n) is 9.34. The van der Waals surface area contributed by atoms with Crippen molar-refractivity contribution >= 4 is 5.91 Å². The zero-order valence-electron chi connectivity index (χ0n) is 19.0. The maximum absolute atomic E-state index is 12.4. The SMILES string of the molecule is CCc1cc(CC)cc(CNCC2CCN(CC(=O)N(C)C(C)(C)C)CC2)c1. The third kappa shape index (κ3) is 6.89. The number of benzene rings is 1. The Bertz CT molecular complexity index is 605. The van der Waals surface area contributed by atoms with Gasteiger partial charge in [-0.05, 0) is 88.7 Å². The molecule has 0 atom stereocenters. The molecule has 0 aromatic heterocycles. The van der Waals surface area contributed by atoms with Crippen molar-refractivity contribution in [3.05, 3.63) is 34.9 Å². The minimum atomic E-state index is -0.105. The zero-order valence-corrected chi connectivity index (χ0v) is 19.0. The summed E-state index contributed by atoms with van der Waals surface area (Å²) >= 11 is 0. The molecule has 4 heteroatoms. The lowest BCUT2D eigenvalue weighted by atomic mass is 9.96. The van der Waals surface area contributed by atoms with Crippen molar-refractivity contribution in [2.24, 2.45) is 5.92 Å². The second kappa shape index (κ2) is 10.4. The normalized spacial score (nSPS) is 16.4. The molecule has 4 nitrogen and oxygen atoms in total. The van der Waals surface area contributed by atoms with E-state index in [0.29, 0.717) is 12.5 Å². The van der Waals surface area contributed by atoms with Crippen molar-refractivity contribution in [2.75, 3.05) is 33.2 Å². The van der Waals surface area contributed by atoms with Crippen molar-refractivity contribution in [2.45, 2.75) is 72.4 Å². The summed E-state index contributed by atoms with van der Waals surface area (Å²) in [5, 5.41) is 3.67. The van der Waals surface area contributed by atoms with E-state index < -0.39 is 0 Å². The van der Waals surface area contributed by atoms with E-state index in [1.807, 2.05) is 11.9 Å². The number of rotatable bonds is 8. The lowest BCUT2D eigenvalue weighted by molar-refractivity contribution is -0.135. The van der Waals surface area contributed by atoms with Gasteiger partial charge in [0.2, 0.25) is 5.91 Å². The number of nitrogens with one attached hydrogen (secondary N) is 1. The van der Waals surface area contributed by atoms with Gasteiger partial charge in [0.05, 0.1) is 6.54 Å². The van der Waals surface area contributed by atoms with Crippen LogP contribution in [0.2, 0.25) is 0 Å². The van der Waals surface area contributed by atoms with Crippen LogP contribution in [0.1, 0.15) is 64.2 Å². The Kier molecular flexibility index (Phi) is 8.51. The molecule has 0 bridgehead atoms. The molecule has 1 heterocycles. The van der Waals surface area contributed by atoms with Gasteiger partial charge < -0.3 is 10.2 Å². The van der Waals surface area contributed by atoms with E-state index in [-0.39, 0.29) is 11.4 Å². The number of likely N-dealkylation sites (tertiary alicyclic amines) is 1. The van der Waals surface area contributed by atoms with Gasteiger partial charge in [0.15, 0.2) is 0 Å². The monoisotopic (exact) mass is 387 g/mol. The summed E-state index contributed by atoms with van der Waals surface area (Å²) in [6.45, 7) is 15.3. The van der Waals surface area contributed by atoms with Crippen LogP contribution < -0.4 is 5.32 Å². The molecule has 1 aromatic rings.